The summed E-state index contributed by atoms with van der Waals surface area (Å²) < 4.78 is 0. The second kappa shape index (κ2) is 6.31. The van der Waals surface area contributed by atoms with Crippen molar-refractivity contribution in [2.24, 2.45) is 5.73 Å². The maximum Gasteiger partial charge on any atom is 0.225 e. The van der Waals surface area contributed by atoms with Crippen molar-refractivity contribution >= 4 is 29.1 Å². The second-order valence-corrected chi connectivity index (χ2v) is 6.66. The van der Waals surface area contributed by atoms with Crippen molar-refractivity contribution in [2.45, 2.75) is 31.1 Å². The summed E-state index contributed by atoms with van der Waals surface area (Å²) in [4.78, 5) is 11.8. The summed E-state index contributed by atoms with van der Waals surface area (Å²) in [6.45, 7) is 0. The predicted octanol–water partition coefficient (Wildman–Crippen LogP) is 4.68. The van der Waals surface area contributed by atoms with E-state index in [9.17, 15) is 4.79 Å². The van der Waals surface area contributed by atoms with Gasteiger partial charge in [-0.3, -0.25) is 4.79 Å². The molecule has 114 valence electrons. The van der Waals surface area contributed by atoms with E-state index in [0.717, 1.165) is 17.0 Å². The van der Waals surface area contributed by atoms with Crippen LogP contribution in [0.3, 0.4) is 0 Å². The molecule has 4 heteroatoms. The number of benzene rings is 2. The third-order valence-corrected chi connectivity index (χ3v) is 4.90. The molecule has 1 fully saturated rings. The van der Waals surface area contributed by atoms with Gasteiger partial charge in [0.15, 0.2) is 0 Å². The minimum atomic E-state index is -0.401. The zero-order valence-electron chi connectivity index (χ0n) is 12.1. The van der Waals surface area contributed by atoms with Crippen LogP contribution in [0, 0.1) is 0 Å². The molecule has 1 amide bonds. The largest absolute Gasteiger partial charge is 0.369 e. The monoisotopic (exact) mass is 333 g/mol. The van der Waals surface area contributed by atoms with Crippen LogP contribution in [-0.4, -0.2) is 5.91 Å². The Morgan fingerprint density at radius 2 is 1.77 bits per heavy atom. The van der Waals surface area contributed by atoms with E-state index < -0.39 is 5.92 Å². The molecule has 22 heavy (non-hydrogen) atoms. The molecule has 0 aliphatic heterocycles. The smallest absolute Gasteiger partial charge is 0.225 e. The van der Waals surface area contributed by atoms with Gasteiger partial charge in [-0.15, -0.1) is 0 Å². The van der Waals surface area contributed by atoms with E-state index in [1.54, 1.807) is 12.1 Å². The number of carbonyl (C=O) groups is 1. The summed E-state index contributed by atoms with van der Waals surface area (Å²) in [7, 11) is 0. The molecular formula is C18H17Cl2NO. The van der Waals surface area contributed by atoms with Crippen LogP contribution in [0.15, 0.2) is 42.5 Å². The molecule has 1 aliphatic carbocycles. The number of amides is 1. The van der Waals surface area contributed by atoms with Crippen LogP contribution in [0.1, 0.15) is 41.4 Å². The van der Waals surface area contributed by atoms with Crippen molar-refractivity contribution in [3.05, 3.63) is 69.2 Å². The number of hydrogen-bond donors (Lipinski definition) is 1. The topological polar surface area (TPSA) is 43.1 Å². The van der Waals surface area contributed by atoms with Gasteiger partial charge in [0.25, 0.3) is 0 Å². The Bertz CT molecular complexity index is 693. The van der Waals surface area contributed by atoms with Crippen LogP contribution in [0.5, 0.6) is 0 Å². The normalized spacial score (nSPS) is 15.5. The van der Waals surface area contributed by atoms with Crippen LogP contribution < -0.4 is 5.73 Å². The number of hydrogen-bond acceptors (Lipinski definition) is 1. The van der Waals surface area contributed by atoms with E-state index in [0.29, 0.717) is 16.5 Å². The molecule has 2 N–H and O–H groups in total. The van der Waals surface area contributed by atoms with Gasteiger partial charge in [0, 0.05) is 0 Å². The Morgan fingerprint density at radius 1 is 1.09 bits per heavy atom. The molecular weight excluding hydrogens is 317 g/mol. The standard InChI is InChI=1S/C18H17Cl2NO/c19-16-8-7-14(10-17(16)20)15(18(21)22)9-11-1-3-12(4-2-11)13-5-6-13/h1-4,7-8,10,13,15H,5-6,9H2,(H2,21,22). The lowest BCUT2D eigenvalue weighted by Crippen LogP contribution is -2.23. The maximum atomic E-state index is 11.8. The van der Waals surface area contributed by atoms with Gasteiger partial charge in [0.2, 0.25) is 5.91 Å². The van der Waals surface area contributed by atoms with Gasteiger partial charge in [-0.25, -0.2) is 0 Å². The first-order valence-electron chi connectivity index (χ1n) is 7.37. The SMILES string of the molecule is NC(=O)C(Cc1ccc(C2CC2)cc1)c1ccc(Cl)c(Cl)c1. The zero-order valence-corrected chi connectivity index (χ0v) is 13.6. The van der Waals surface area contributed by atoms with Crippen LogP contribution in [0.4, 0.5) is 0 Å². The van der Waals surface area contributed by atoms with E-state index in [-0.39, 0.29) is 5.91 Å². The number of nitrogens with two attached hydrogens (primary N) is 1. The third-order valence-electron chi connectivity index (χ3n) is 4.16. The molecule has 0 aromatic heterocycles. The second-order valence-electron chi connectivity index (χ2n) is 5.85. The lowest BCUT2D eigenvalue weighted by atomic mass is 9.91. The van der Waals surface area contributed by atoms with Gasteiger partial charge >= 0.3 is 0 Å². The summed E-state index contributed by atoms with van der Waals surface area (Å²) in [6.07, 6.45) is 3.14. The molecule has 0 saturated heterocycles. The van der Waals surface area contributed by atoms with Gasteiger partial charge in [-0.2, -0.15) is 0 Å². The summed E-state index contributed by atoms with van der Waals surface area (Å²) in [5.41, 5.74) is 8.86. The van der Waals surface area contributed by atoms with Crippen LogP contribution >= 0.6 is 23.2 Å². The molecule has 0 heterocycles. The highest BCUT2D eigenvalue weighted by Gasteiger charge is 2.24. The lowest BCUT2D eigenvalue weighted by Gasteiger charge is -2.15. The Kier molecular flexibility index (Phi) is 4.42. The average Bonchev–Trinajstić information content (AvgIpc) is 3.33. The average molecular weight is 334 g/mol. The number of rotatable bonds is 5. The van der Waals surface area contributed by atoms with Gasteiger partial charge in [0.05, 0.1) is 16.0 Å². The summed E-state index contributed by atoms with van der Waals surface area (Å²) >= 11 is 12.0. The number of halogens is 2. The molecule has 0 radical (unpaired) electrons. The minimum absolute atomic E-state index is 0.357. The molecule has 1 saturated carbocycles. The van der Waals surface area contributed by atoms with Crippen LogP contribution in [0.25, 0.3) is 0 Å². The van der Waals surface area contributed by atoms with E-state index in [1.807, 2.05) is 6.07 Å². The van der Waals surface area contributed by atoms with Gasteiger partial charge < -0.3 is 5.73 Å². The van der Waals surface area contributed by atoms with Crippen LogP contribution in [0.2, 0.25) is 10.0 Å². The Labute approximate surface area is 140 Å². The molecule has 2 nitrogen and oxygen atoms in total. The molecule has 3 rings (SSSR count). The highest BCUT2D eigenvalue weighted by atomic mass is 35.5. The molecule has 1 atom stereocenters. The van der Waals surface area contributed by atoms with E-state index in [4.69, 9.17) is 28.9 Å². The quantitative estimate of drug-likeness (QED) is 0.847. The third kappa shape index (κ3) is 3.45. The Morgan fingerprint density at radius 3 is 2.32 bits per heavy atom. The predicted molar refractivity (Wildman–Crippen MR) is 90.5 cm³/mol. The zero-order chi connectivity index (χ0) is 15.7. The van der Waals surface area contributed by atoms with E-state index in [2.05, 4.69) is 24.3 Å². The molecule has 0 spiro atoms. The van der Waals surface area contributed by atoms with Crippen molar-refractivity contribution < 1.29 is 4.79 Å². The fourth-order valence-electron chi connectivity index (χ4n) is 2.69. The summed E-state index contributed by atoms with van der Waals surface area (Å²) in [5, 5.41) is 0.914. The number of primary amides is 1. The highest BCUT2D eigenvalue weighted by molar-refractivity contribution is 6.42. The van der Waals surface area contributed by atoms with Crippen molar-refractivity contribution in [1.82, 2.24) is 0 Å². The highest BCUT2D eigenvalue weighted by Crippen LogP contribution is 2.40. The van der Waals surface area contributed by atoms with Gasteiger partial charge in [0.1, 0.15) is 0 Å². The maximum absolute atomic E-state index is 11.8. The Balaban J connectivity index is 1.81. The van der Waals surface area contributed by atoms with Crippen molar-refractivity contribution in [3.8, 4) is 0 Å². The van der Waals surface area contributed by atoms with E-state index in [1.165, 1.54) is 18.4 Å². The first kappa shape index (κ1) is 15.4. The fourth-order valence-corrected chi connectivity index (χ4v) is 3.00. The minimum Gasteiger partial charge on any atom is -0.369 e. The molecule has 0 bridgehead atoms. The lowest BCUT2D eigenvalue weighted by molar-refractivity contribution is -0.119. The fraction of sp³-hybridized carbons (Fsp3) is 0.278. The molecule has 1 aliphatic rings. The van der Waals surface area contributed by atoms with Gasteiger partial charge in [-0.1, -0.05) is 53.5 Å². The molecule has 2 aromatic carbocycles. The van der Waals surface area contributed by atoms with Crippen molar-refractivity contribution in [2.75, 3.05) is 0 Å². The summed E-state index contributed by atoms with van der Waals surface area (Å²) in [6, 6.07) is 13.7. The summed E-state index contributed by atoms with van der Waals surface area (Å²) in [5.74, 6) is -0.0257. The first-order chi connectivity index (χ1) is 10.5. The van der Waals surface area contributed by atoms with Gasteiger partial charge in [-0.05, 0) is 54.0 Å². The molecule has 2 aromatic rings. The van der Waals surface area contributed by atoms with Crippen molar-refractivity contribution in [1.29, 1.82) is 0 Å². The van der Waals surface area contributed by atoms with Crippen molar-refractivity contribution in [3.63, 3.8) is 0 Å². The first-order valence-corrected chi connectivity index (χ1v) is 8.13. The molecule has 1 unspecified atom stereocenters. The van der Waals surface area contributed by atoms with Crippen LogP contribution in [-0.2, 0) is 11.2 Å². The number of carbonyl (C=O) groups excluding carboxylic acids is 1. The Hall–Kier alpha value is -1.51. The van der Waals surface area contributed by atoms with E-state index >= 15 is 0 Å².